The standard InChI is InChI=1S/C10H18OS/c11-10(8-4-1-2-5-8)9-6-3-7-12-9/h8-11H,1-7H2. The summed E-state index contributed by atoms with van der Waals surface area (Å²) in [6.07, 6.45) is 7.83. The van der Waals surface area contributed by atoms with Gasteiger partial charge in [-0.2, -0.15) is 11.8 Å². The van der Waals surface area contributed by atoms with Crippen LogP contribution in [0.3, 0.4) is 0 Å². The Bertz CT molecular complexity index is 121. The molecule has 1 heterocycles. The van der Waals surface area contributed by atoms with Crippen molar-refractivity contribution in [3.8, 4) is 0 Å². The molecule has 2 rings (SSSR count). The van der Waals surface area contributed by atoms with Gasteiger partial charge in [0.1, 0.15) is 0 Å². The predicted molar refractivity (Wildman–Crippen MR) is 53.4 cm³/mol. The Balaban J connectivity index is 1.84. The highest BCUT2D eigenvalue weighted by atomic mass is 32.2. The van der Waals surface area contributed by atoms with Crippen LogP contribution < -0.4 is 0 Å². The van der Waals surface area contributed by atoms with Crippen molar-refractivity contribution < 1.29 is 5.11 Å². The van der Waals surface area contributed by atoms with Crippen LogP contribution in [-0.2, 0) is 0 Å². The largest absolute Gasteiger partial charge is 0.392 e. The summed E-state index contributed by atoms with van der Waals surface area (Å²) in [4.78, 5) is 0. The monoisotopic (exact) mass is 186 g/mol. The summed E-state index contributed by atoms with van der Waals surface area (Å²) in [6.45, 7) is 0. The molecule has 2 heteroatoms. The molecule has 1 nitrogen and oxygen atoms in total. The van der Waals surface area contributed by atoms with Crippen LogP contribution in [0, 0.1) is 5.92 Å². The third-order valence-corrected chi connectivity index (χ3v) is 4.70. The average molecular weight is 186 g/mol. The molecule has 0 aromatic heterocycles. The Labute approximate surface area is 78.9 Å². The van der Waals surface area contributed by atoms with Crippen LogP contribution in [0.5, 0.6) is 0 Å². The SMILES string of the molecule is OC(C1CCCC1)C1CCCS1. The molecule has 0 amide bonds. The van der Waals surface area contributed by atoms with E-state index in [-0.39, 0.29) is 6.10 Å². The molecule has 0 aromatic carbocycles. The zero-order chi connectivity index (χ0) is 8.39. The lowest BCUT2D eigenvalue weighted by molar-refractivity contribution is 0.107. The Hall–Kier alpha value is 0.310. The summed E-state index contributed by atoms with van der Waals surface area (Å²) in [5, 5.41) is 10.6. The highest BCUT2D eigenvalue weighted by Gasteiger charge is 2.31. The lowest BCUT2D eigenvalue weighted by Gasteiger charge is -2.22. The fraction of sp³-hybridized carbons (Fsp3) is 1.00. The molecule has 0 spiro atoms. The minimum Gasteiger partial charge on any atom is -0.392 e. The maximum atomic E-state index is 10.0. The summed E-state index contributed by atoms with van der Waals surface area (Å²) in [5.74, 6) is 1.91. The minimum absolute atomic E-state index is 0.0139. The second kappa shape index (κ2) is 4.01. The molecule has 2 fully saturated rings. The number of aliphatic hydroxyl groups excluding tert-OH is 1. The molecular weight excluding hydrogens is 168 g/mol. The van der Waals surface area contributed by atoms with E-state index in [9.17, 15) is 5.11 Å². The lowest BCUT2D eigenvalue weighted by Crippen LogP contribution is -2.28. The topological polar surface area (TPSA) is 20.2 Å². The molecule has 0 radical (unpaired) electrons. The quantitative estimate of drug-likeness (QED) is 0.715. The molecule has 12 heavy (non-hydrogen) atoms. The maximum absolute atomic E-state index is 10.0. The van der Waals surface area contributed by atoms with E-state index in [0.717, 1.165) is 0 Å². The Morgan fingerprint density at radius 1 is 1.08 bits per heavy atom. The molecule has 1 saturated carbocycles. The Morgan fingerprint density at radius 3 is 2.42 bits per heavy atom. The summed E-state index contributed by atoms with van der Waals surface area (Å²) >= 11 is 1.99. The van der Waals surface area contributed by atoms with Gasteiger partial charge in [-0.15, -0.1) is 0 Å². The smallest absolute Gasteiger partial charge is 0.0686 e. The van der Waals surface area contributed by atoms with E-state index < -0.39 is 0 Å². The molecule has 1 N–H and O–H groups in total. The average Bonchev–Trinajstić information content (AvgIpc) is 2.77. The second-order valence-electron chi connectivity index (χ2n) is 4.09. The Kier molecular flexibility index (Phi) is 2.97. The van der Waals surface area contributed by atoms with Crippen LogP contribution in [0.25, 0.3) is 0 Å². The normalized spacial score (nSPS) is 34.2. The van der Waals surface area contributed by atoms with Crippen molar-refractivity contribution in [1.29, 1.82) is 0 Å². The van der Waals surface area contributed by atoms with Gasteiger partial charge < -0.3 is 5.11 Å². The molecule has 70 valence electrons. The van der Waals surface area contributed by atoms with Crippen molar-refractivity contribution in [3.63, 3.8) is 0 Å². The summed E-state index contributed by atoms with van der Waals surface area (Å²) in [7, 11) is 0. The zero-order valence-corrected chi connectivity index (χ0v) is 8.35. The first kappa shape index (κ1) is 8.89. The number of thioether (sulfide) groups is 1. The van der Waals surface area contributed by atoms with Gasteiger partial charge >= 0.3 is 0 Å². The predicted octanol–water partition coefficient (Wildman–Crippen LogP) is 2.43. The maximum Gasteiger partial charge on any atom is 0.0686 e. The first-order chi connectivity index (χ1) is 5.88. The van der Waals surface area contributed by atoms with Crippen molar-refractivity contribution in [2.24, 2.45) is 5.92 Å². The van der Waals surface area contributed by atoms with Crippen LogP contribution in [0.1, 0.15) is 38.5 Å². The molecule has 1 aliphatic carbocycles. The molecule has 1 saturated heterocycles. The molecule has 0 aromatic rings. The van der Waals surface area contributed by atoms with Crippen molar-refractivity contribution in [1.82, 2.24) is 0 Å². The first-order valence-corrected chi connectivity index (χ1v) is 6.22. The zero-order valence-electron chi connectivity index (χ0n) is 7.54. The second-order valence-corrected chi connectivity index (χ2v) is 5.43. The number of hydrogen-bond donors (Lipinski definition) is 1. The van der Waals surface area contributed by atoms with Crippen LogP contribution >= 0.6 is 11.8 Å². The molecular formula is C10H18OS. The van der Waals surface area contributed by atoms with Crippen molar-refractivity contribution in [2.45, 2.75) is 49.9 Å². The molecule has 1 aliphatic heterocycles. The molecule has 2 unspecified atom stereocenters. The fourth-order valence-corrected chi connectivity index (χ4v) is 3.86. The van der Waals surface area contributed by atoms with Gasteiger partial charge in [0.2, 0.25) is 0 Å². The van der Waals surface area contributed by atoms with E-state index in [4.69, 9.17) is 0 Å². The van der Waals surface area contributed by atoms with E-state index in [0.29, 0.717) is 11.2 Å². The van der Waals surface area contributed by atoms with Gasteiger partial charge in [0.15, 0.2) is 0 Å². The van der Waals surface area contributed by atoms with Gasteiger partial charge in [0, 0.05) is 5.25 Å². The number of aliphatic hydroxyl groups is 1. The summed E-state index contributed by atoms with van der Waals surface area (Å²) in [6, 6.07) is 0. The summed E-state index contributed by atoms with van der Waals surface area (Å²) in [5.41, 5.74) is 0. The van der Waals surface area contributed by atoms with Crippen LogP contribution in [0.4, 0.5) is 0 Å². The van der Waals surface area contributed by atoms with Gasteiger partial charge in [0.05, 0.1) is 6.10 Å². The van der Waals surface area contributed by atoms with Gasteiger partial charge in [-0.3, -0.25) is 0 Å². The minimum atomic E-state index is 0.0139. The van der Waals surface area contributed by atoms with Gasteiger partial charge in [-0.1, -0.05) is 12.8 Å². The van der Waals surface area contributed by atoms with Gasteiger partial charge in [-0.25, -0.2) is 0 Å². The molecule has 2 aliphatic rings. The third-order valence-electron chi connectivity index (χ3n) is 3.23. The van der Waals surface area contributed by atoms with Gasteiger partial charge in [-0.05, 0) is 37.4 Å². The summed E-state index contributed by atoms with van der Waals surface area (Å²) < 4.78 is 0. The first-order valence-electron chi connectivity index (χ1n) is 5.17. The highest BCUT2D eigenvalue weighted by molar-refractivity contribution is 8.00. The van der Waals surface area contributed by atoms with Crippen LogP contribution in [-0.4, -0.2) is 22.2 Å². The van der Waals surface area contributed by atoms with Gasteiger partial charge in [0.25, 0.3) is 0 Å². The van der Waals surface area contributed by atoms with E-state index >= 15 is 0 Å². The van der Waals surface area contributed by atoms with E-state index in [1.54, 1.807) is 0 Å². The lowest BCUT2D eigenvalue weighted by atomic mass is 9.96. The van der Waals surface area contributed by atoms with E-state index in [2.05, 4.69) is 0 Å². The Morgan fingerprint density at radius 2 is 1.83 bits per heavy atom. The van der Waals surface area contributed by atoms with Crippen LogP contribution in [0.2, 0.25) is 0 Å². The third kappa shape index (κ3) is 1.80. The van der Waals surface area contributed by atoms with E-state index in [1.807, 2.05) is 11.8 Å². The molecule has 0 bridgehead atoms. The highest BCUT2D eigenvalue weighted by Crippen LogP contribution is 2.37. The molecule has 2 atom stereocenters. The number of hydrogen-bond acceptors (Lipinski definition) is 2. The van der Waals surface area contributed by atoms with E-state index in [1.165, 1.54) is 44.3 Å². The van der Waals surface area contributed by atoms with Crippen LogP contribution in [0.15, 0.2) is 0 Å². The van der Waals surface area contributed by atoms with Crippen molar-refractivity contribution in [2.75, 3.05) is 5.75 Å². The fourth-order valence-electron chi connectivity index (χ4n) is 2.47. The number of rotatable bonds is 2. The van der Waals surface area contributed by atoms with Crippen molar-refractivity contribution in [3.05, 3.63) is 0 Å². The van der Waals surface area contributed by atoms with Crippen molar-refractivity contribution >= 4 is 11.8 Å².